The third-order valence-corrected chi connectivity index (χ3v) is 10.2. The fourth-order valence-corrected chi connectivity index (χ4v) is 3.41. The van der Waals surface area contributed by atoms with Gasteiger partial charge in [0.05, 0.1) is 20.3 Å². The third kappa shape index (κ3) is 8.71. The third-order valence-electron chi connectivity index (χ3n) is 4.69. The van der Waals surface area contributed by atoms with Crippen molar-refractivity contribution in [1.82, 2.24) is 0 Å². The van der Waals surface area contributed by atoms with E-state index in [0.29, 0.717) is 6.61 Å². The van der Waals surface area contributed by atoms with Crippen LogP contribution in [0.15, 0.2) is 33.9 Å². The summed E-state index contributed by atoms with van der Waals surface area (Å²) in [5, 5.41) is 0.265. The second-order valence-electron chi connectivity index (χ2n) is 7.73. The first kappa shape index (κ1) is 22.7. The van der Waals surface area contributed by atoms with Gasteiger partial charge in [-0.25, -0.2) is 0 Å². The van der Waals surface area contributed by atoms with Crippen LogP contribution in [0.25, 0.3) is 0 Å². The molecule has 1 aromatic rings. The van der Waals surface area contributed by atoms with Crippen molar-refractivity contribution in [3.8, 4) is 5.75 Å². The van der Waals surface area contributed by atoms with Crippen molar-refractivity contribution in [3.05, 3.63) is 39.5 Å². The van der Waals surface area contributed by atoms with E-state index in [4.69, 9.17) is 13.9 Å². The zero-order valence-corrected chi connectivity index (χ0v) is 19.7. The van der Waals surface area contributed by atoms with Crippen LogP contribution in [0.4, 0.5) is 0 Å². The van der Waals surface area contributed by atoms with E-state index < -0.39 is 8.32 Å². The molecule has 0 unspecified atom stereocenters. The highest BCUT2D eigenvalue weighted by atomic mass is 127. The molecule has 0 bridgehead atoms. The van der Waals surface area contributed by atoms with Gasteiger partial charge in [0.1, 0.15) is 5.75 Å². The van der Waals surface area contributed by atoms with Gasteiger partial charge in [0.15, 0.2) is 8.32 Å². The van der Waals surface area contributed by atoms with Crippen LogP contribution in [0.3, 0.4) is 0 Å². The normalized spacial score (nSPS) is 13.2. The molecular weight excluding hydrogens is 443 g/mol. The Hall–Kier alpha value is -0.373. The summed E-state index contributed by atoms with van der Waals surface area (Å²) in [6.07, 6.45) is 4.29. The van der Waals surface area contributed by atoms with Gasteiger partial charge in [-0.1, -0.05) is 39.0 Å². The van der Waals surface area contributed by atoms with Gasteiger partial charge in [0.2, 0.25) is 0 Å². The highest BCUT2D eigenvalue weighted by Gasteiger charge is 2.36. The van der Waals surface area contributed by atoms with Gasteiger partial charge in [-0.3, -0.25) is 0 Å². The fourth-order valence-electron chi connectivity index (χ4n) is 1.91. The molecule has 0 aromatic heterocycles. The smallest absolute Gasteiger partial charge is 0.192 e. The maximum absolute atomic E-state index is 6.18. The van der Waals surface area contributed by atoms with Crippen molar-refractivity contribution in [3.63, 3.8) is 0 Å². The number of methoxy groups -OCH3 is 1. The Morgan fingerprint density at radius 3 is 2.36 bits per heavy atom. The van der Waals surface area contributed by atoms with E-state index in [0.717, 1.165) is 31.8 Å². The van der Waals surface area contributed by atoms with E-state index in [9.17, 15) is 0 Å². The van der Waals surface area contributed by atoms with Crippen LogP contribution in [0, 0.1) is 0 Å². The Balaban J connectivity index is 2.20. The first-order valence-electron chi connectivity index (χ1n) is 8.85. The van der Waals surface area contributed by atoms with Gasteiger partial charge >= 0.3 is 0 Å². The van der Waals surface area contributed by atoms with Crippen molar-refractivity contribution in [2.24, 2.45) is 0 Å². The lowest BCUT2D eigenvalue weighted by Crippen LogP contribution is -2.40. The number of hydrogen-bond donors (Lipinski definition) is 0. The van der Waals surface area contributed by atoms with Crippen LogP contribution in [0.2, 0.25) is 18.1 Å². The van der Waals surface area contributed by atoms with Crippen LogP contribution >= 0.6 is 22.6 Å². The predicted molar refractivity (Wildman–Crippen MR) is 117 cm³/mol. The van der Waals surface area contributed by atoms with E-state index in [-0.39, 0.29) is 5.04 Å². The lowest BCUT2D eigenvalue weighted by molar-refractivity contribution is 0.119. The summed E-state index contributed by atoms with van der Waals surface area (Å²) >= 11 is 2.41. The Morgan fingerprint density at radius 2 is 1.80 bits per heavy atom. The van der Waals surface area contributed by atoms with Crippen LogP contribution in [0.1, 0.15) is 39.2 Å². The van der Waals surface area contributed by atoms with Gasteiger partial charge in [-0.05, 0) is 74.8 Å². The highest BCUT2D eigenvalue weighted by Crippen LogP contribution is 2.36. The zero-order valence-electron chi connectivity index (χ0n) is 16.5. The van der Waals surface area contributed by atoms with Crippen LogP contribution in [-0.2, 0) is 15.8 Å². The maximum Gasteiger partial charge on any atom is 0.192 e. The van der Waals surface area contributed by atoms with Crippen LogP contribution < -0.4 is 4.74 Å². The molecule has 5 heteroatoms. The molecule has 0 N–H and O–H groups in total. The Labute approximate surface area is 168 Å². The largest absolute Gasteiger partial charge is 0.497 e. The van der Waals surface area contributed by atoms with Gasteiger partial charge in [-0.2, -0.15) is 0 Å². The molecule has 0 radical (unpaired) electrons. The molecule has 0 spiro atoms. The molecular formula is C20H33IO3Si. The van der Waals surface area contributed by atoms with Gasteiger partial charge in [-0.15, -0.1) is 0 Å². The van der Waals surface area contributed by atoms with Crippen molar-refractivity contribution in [2.75, 3.05) is 20.3 Å². The maximum atomic E-state index is 6.18. The number of rotatable bonds is 10. The van der Waals surface area contributed by atoms with Crippen molar-refractivity contribution < 1.29 is 13.9 Å². The zero-order chi connectivity index (χ0) is 18.9. The molecule has 0 heterocycles. The van der Waals surface area contributed by atoms with Gasteiger partial charge < -0.3 is 13.9 Å². The molecule has 1 aromatic carbocycles. The number of benzene rings is 1. The summed E-state index contributed by atoms with van der Waals surface area (Å²) in [6, 6.07) is 8.01. The summed E-state index contributed by atoms with van der Waals surface area (Å²) in [6.45, 7) is 13.5. The first-order chi connectivity index (χ1) is 11.7. The molecule has 3 nitrogen and oxygen atoms in total. The quantitative estimate of drug-likeness (QED) is 0.224. The topological polar surface area (TPSA) is 27.7 Å². The van der Waals surface area contributed by atoms with Crippen molar-refractivity contribution >= 4 is 30.9 Å². The Bertz CT molecular complexity index is 533. The van der Waals surface area contributed by atoms with Crippen LogP contribution in [-0.4, -0.2) is 28.6 Å². The SMILES string of the molecule is COc1ccc(COCCC/C(I)=C/CO[Si](C)(C)C(C)(C)C)cc1. The summed E-state index contributed by atoms with van der Waals surface area (Å²) in [5.74, 6) is 0.878. The average Bonchev–Trinajstić information content (AvgIpc) is 2.54. The van der Waals surface area contributed by atoms with Gasteiger partial charge in [0.25, 0.3) is 0 Å². The van der Waals surface area contributed by atoms with E-state index in [1.165, 1.54) is 9.14 Å². The van der Waals surface area contributed by atoms with E-state index in [2.05, 4.69) is 62.5 Å². The minimum atomic E-state index is -1.64. The number of ether oxygens (including phenoxy) is 2. The second kappa shape index (κ2) is 10.7. The molecule has 0 saturated carbocycles. The standard InChI is InChI=1S/C20H33IO3Si/c1-20(2,3)25(5,6)24-15-13-18(21)8-7-14-23-16-17-9-11-19(22-4)12-10-17/h9-13H,7-8,14-16H2,1-6H3/b18-13-. The monoisotopic (exact) mass is 476 g/mol. The number of halogens is 1. The summed E-state index contributed by atoms with van der Waals surface area (Å²) in [5.41, 5.74) is 1.17. The minimum Gasteiger partial charge on any atom is -0.497 e. The predicted octanol–water partition coefficient (Wildman–Crippen LogP) is 6.33. The fraction of sp³-hybridized carbons (Fsp3) is 0.600. The summed E-state index contributed by atoms with van der Waals surface area (Å²) in [4.78, 5) is 0. The molecule has 142 valence electrons. The Kier molecular flexibility index (Phi) is 9.70. The molecule has 0 fully saturated rings. The first-order valence-corrected chi connectivity index (χ1v) is 12.8. The second-order valence-corrected chi connectivity index (χ2v) is 13.9. The lowest BCUT2D eigenvalue weighted by atomic mass is 10.2. The molecule has 1 rings (SSSR count). The lowest BCUT2D eigenvalue weighted by Gasteiger charge is -2.35. The number of hydrogen-bond acceptors (Lipinski definition) is 3. The minimum absolute atomic E-state index is 0.265. The highest BCUT2D eigenvalue weighted by molar-refractivity contribution is 14.1. The molecule has 0 aliphatic carbocycles. The summed E-state index contributed by atoms with van der Waals surface area (Å²) in [7, 11) is 0.0369. The van der Waals surface area contributed by atoms with Gasteiger partial charge in [0, 0.05) is 6.61 Å². The molecule has 0 aliphatic heterocycles. The number of allylic oxidation sites excluding steroid dienone is 1. The molecule has 25 heavy (non-hydrogen) atoms. The average molecular weight is 476 g/mol. The van der Waals surface area contributed by atoms with Crippen molar-refractivity contribution in [2.45, 2.75) is 58.4 Å². The van der Waals surface area contributed by atoms with E-state index in [1.807, 2.05) is 24.3 Å². The van der Waals surface area contributed by atoms with E-state index >= 15 is 0 Å². The summed E-state index contributed by atoms with van der Waals surface area (Å²) < 4.78 is 18.4. The van der Waals surface area contributed by atoms with Crippen LogP contribution in [0.5, 0.6) is 5.75 Å². The molecule has 0 saturated heterocycles. The molecule has 0 amide bonds. The Morgan fingerprint density at radius 1 is 1.16 bits per heavy atom. The molecule has 0 atom stereocenters. The van der Waals surface area contributed by atoms with Crippen molar-refractivity contribution in [1.29, 1.82) is 0 Å². The molecule has 0 aliphatic rings. The van der Waals surface area contributed by atoms with E-state index in [1.54, 1.807) is 7.11 Å².